The molecule has 0 amide bonds. The summed E-state index contributed by atoms with van der Waals surface area (Å²) >= 11 is 0. The summed E-state index contributed by atoms with van der Waals surface area (Å²) in [5.41, 5.74) is 2.45. The van der Waals surface area contributed by atoms with E-state index >= 15 is 0 Å². The molecule has 1 unspecified atom stereocenters. The van der Waals surface area contributed by atoms with Crippen LogP contribution in [0.15, 0.2) is 66.4 Å². The van der Waals surface area contributed by atoms with Gasteiger partial charge in [-0.05, 0) is 30.2 Å². The maximum Gasteiger partial charge on any atom is 0.0537 e. The number of rotatable bonds is 5. The Bertz CT molecular complexity index is 399. The first-order chi connectivity index (χ1) is 8.74. The van der Waals surface area contributed by atoms with Crippen LogP contribution >= 0.6 is 0 Å². The first kappa shape index (κ1) is 14.4. The minimum absolute atomic E-state index is 0.269. The summed E-state index contributed by atoms with van der Waals surface area (Å²) in [7, 11) is 0. The van der Waals surface area contributed by atoms with E-state index in [-0.39, 0.29) is 6.04 Å². The highest BCUT2D eigenvalue weighted by atomic mass is 15.2. The standard InChI is InChI=1S/C16H22N2/c1-5-9-15-14(4)11-13-18(7-3)16(15)10-8-12-17-6-2/h5-6,8-10,12,16H,1-2,4,7,11,13H2,3H3/b10-8+,15-9+,17-12?. The van der Waals surface area contributed by atoms with Crippen molar-refractivity contribution in [1.29, 1.82) is 0 Å². The zero-order chi connectivity index (χ0) is 13.4. The van der Waals surface area contributed by atoms with Gasteiger partial charge in [-0.25, -0.2) is 0 Å². The van der Waals surface area contributed by atoms with Gasteiger partial charge in [0, 0.05) is 19.0 Å². The van der Waals surface area contributed by atoms with Gasteiger partial charge in [0.2, 0.25) is 0 Å². The van der Waals surface area contributed by atoms with Crippen LogP contribution in [-0.4, -0.2) is 30.2 Å². The summed E-state index contributed by atoms with van der Waals surface area (Å²) in [6, 6.07) is 0.269. The molecule has 2 heteroatoms. The molecule has 1 aliphatic heterocycles. The minimum atomic E-state index is 0.269. The molecule has 18 heavy (non-hydrogen) atoms. The van der Waals surface area contributed by atoms with Crippen molar-refractivity contribution in [2.45, 2.75) is 19.4 Å². The molecule has 0 aromatic carbocycles. The van der Waals surface area contributed by atoms with Crippen molar-refractivity contribution in [3.63, 3.8) is 0 Å². The number of piperidine rings is 1. The van der Waals surface area contributed by atoms with Gasteiger partial charge in [-0.2, -0.15) is 0 Å². The summed E-state index contributed by atoms with van der Waals surface area (Å²) in [6.45, 7) is 15.7. The number of allylic oxidation sites excluding steroid dienone is 3. The Morgan fingerprint density at radius 2 is 2.22 bits per heavy atom. The maximum atomic E-state index is 4.15. The fraction of sp³-hybridized carbons (Fsp3) is 0.312. The molecule has 1 aliphatic rings. The third-order valence-electron chi connectivity index (χ3n) is 3.10. The average Bonchev–Trinajstić information content (AvgIpc) is 2.38. The van der Waals surface area contributed by atoms with E-state index < -0.39 is 0 Å². The lowest BCUT2D eigenvalue weighted by molar-refractivity contribution is 0.252. The van der Waals surface area contributed by atoms with E-state index in [4.69, 9.17) is 0 Å². The molecular weight excluding hydrogens is 220 g/mol. The van der Waals surface area contributed by atoms with Crippen LogP contribution in [-0.2, 0) is 0 Å². The lowest BCUT2D eigenvalue weighted by Crippen LogP contribution is -2.40. The van der Waals surface area contributed by atoms with Crippen LogP contribution in [0.25, 0.3) is 0 Å². The van der Waals surface area contributed by atoms with Gasteiger partial charge in [-0.3, -0.25) is 9.89 Å². The lowest BCUT2D eigenvalue weighted by atomic mass is 9.90. The predicted octanol–water partition coefficient (Wildman–Crippen LogP) is 3.52. The molecule has 1 rings (SSSR count). The Balaban J connectivity index is 2.95. The zero-order valence-corrected chi connectivity index (χ0v) is 11.2. The molecule has 2 nitrogen and oxygen atoms in total. The third kappa shape index (κ3) is 3.67. The number of likely N-dealkylation sites (tertiary alicyclic amines) is 1. The van der Waals surface area contributed by atoms with Crippen molar-refractivity contribution in [3.05, 3.63) is 61.4 Å². The fourth-order valence-corrected chi connectivity index (χ4v) is 2.16. The zero-order valence-electron chi connectivity index (χ0n) is 11.2. The summed E-state index contributed by atoms with van der Waals surface area (Å²) in [6.07, 6.45) is 12.3. The molecule has 1 fully saturated rings. The van der Waals surface area contributed by atoms with Crippen molar-refractivity contribution < 1.29 is 0 Å². The van der Waals surface area contributed by atoms with Crippen LogP contribution in [0.1, 0.15) is 13.3 Å². The summed E-state index contributed by atoms with van der Waals surface area (Å²) in [5, 5.41) is 0. The summed E-state index contributed by atoms with van der Waals surface area (Å²) < 4.78 is 0. The Kier molecular flexibility index (Phi) is 6.09. The molecule has 0 spiro atoms. The molecular formula is C16H22N2. The van der Waals surface area contributed by atoms with Crippen molar-refractivity contribution in [2.75, 3.05) is 13.1 Å². The first-order valence-corrected chi connectivity index (χ1v) is 6.30. The average molecular weight is 242 g/mol. The van der Waals surface area contributed by atoms with E-state index in [0.717, 1.165) is 19.5 Å². The minimum Gasteiger partial charge on any atom is -0.293 e. The van der Waals surface area contributed by atoms with Gasteiger partial charge in [-0.15, -0.1) is 0 Å². The number of likely N-dealkylation sites (N-methyl/N-ethyl adjacent to an activating group) is 1. The fourth-order valence-electron chi connectivity index (χ4n) is 2.16. The molecule has 0 aromatic rings. The van der Waals surface area contributed by atoms with Gasteiger partial charge in [0.25, 0.3) is 0 Å². The van der Waals surface area contributed by atoms with Crippen molar-refractivity contribution in [3.8, 4) is 0 Å². The molecule has 0 saturated carbocycles. The van der Waals surface area contributed by atoms with Gasteiger partial charge in [0.1, 0.15) is 0 Å². The van der Waals surface area contributed by atoms with Crippen LogP contribution in [0.5, 0.6) is 0 Å². The Hall–Kier alpha value is -1.67. The molecule has 0 bridgehead atoms. The summed E-state index contributed by atoms with van der Waals surface area (Å²) in [5.74, 6) is 0. The normalized spacial score (nSPS) is 24.2. The summed E-state index contributed by atoms with van der Waals surface area (Å²) in [4.78, 5) is 6.39. The maximum absolute atomic E-state index is 4.15. The molecule has 1 heterocycles. The Morgan fingerprint density at radius 1 is 1.44 bits per heavy atom. The number of aliphatic imine (C=N–C) groups is 1. The Labute approximate surface area is 110 Å². The molecule has 0 radical (unpaired) electrons. The van der Waals surface area contributed by atoms with E-state index in [1.54, 1.807) is 6.21 Å². The molecule has 0 N–H and O–H groups in total. The molecule has 96 valence electrons. The smallest absolute Gasteiger partial charge is 0.0537 e. The van der Waals surface area contributed by atoms with Gasteiger partial charge < -0.3 is 0 Å². The molecule has 0 aromatic heterocycles. The van der Waals surface area contributed by atoms with Crippen molar-refractivity contribution in [2.24, 2.45) is 4.99 Å². The van der Waals surface area contributed by atoms with Crippen LogP contribution < -0.4 is 0 Å². The second-order valence-corrected chi connectivity index (χ2v) is 4.15. The monoisotopic (exact) mass is 242 g/mol. The quantitative estimate of drug-likeness (QED) is 0.673. The van der Waals surface area contributed by atoms with Gasteiger partial charge >= 0.3 is 0 Å². The predicted molar refractivity (Wildman–Crippen MR) is 80.9 cm³/mol. The third-order valence-corrected chi connectivity index (χ3v) is 3.10. The second kappa shape index (κ2) is 7.62. The topological polar surface area (TPSA) is 15.6 Å². The van der Waals surface area contributed by atoms with E-state index in [2.05, 4.69) is 48.7 Å². The Morgan fingerprint density at radius 3 is 2.83 bits per heavy atom. The van der Waals surface area contributed by atoms with E-state index in [0.29, 0.717) is 0 Å². The van der Waals surface area contributed by atoms with E-state index in [9.17, 15) is 0 Å². The van der Waals surface area contributed by atoms with Crippen LogP contribution in [0.4, 0.5) is 0 Å². The van der Waals surface area contributed by atoms with Gasteiger partial charge in [0.15, 0.2) is 0 Å². The van der Waals surface area contributed by atoms with Crippen LogP contribution in [0, 0.1) is 0 Å². The van der Waals surface area contributed by atoms with Gasteiger partial charge in [0.05, 0.1) is 6.04 Å². The molecule has 1 saturated heterocycles. The SMILES string of the molecule is C=C/C=C1\C(=C)CCN(CC)C1/C=C/C=NC=C. The van der Waals surface area contributed by atoms with Crippen LogP contribution in [0.3, 0.4) is 0 Å². The number of hydrogen-bond acceptors (Lipinski definition) is 2. The van der Waals surface area contributed by atoms with E-state index in [1.807, 2.05) is 12.2 Å². The largest absolute Gasteiger partial charge is 0.293 e. The number of nitrogens with zero attached hydrogens (tertiary/aromatic N) is 2. The highest BCUT2D eigenvalue weighted by Gasteiger charge is 2.24. The highest BCUT2D eigenvalue weighted by Crippen LogP contribution is 2.27. The number of hydrogen-bond donors (Lipinski definition) is 0. The first-order valence-electron chi connectivity index (χ1n) is 6.30. The lowest BCUT2D eigenvalue weighted by Gasteiger charge is -2.36. The molecule has 1 atom stereocenters. The highest BCUT2D eigenvalue weighted by molar-refractivity contribution is 5.72. The van der Waals surface area contributed by atoms with Crippen molar-refractivity contribution in [1.82, 2.24) is 4.90 Å². The second-order valence-electron chi connectivity index (χ2n) is 4.15. The van der Waals surface area contributed by atoms with Crippen LogP contribution in [0.2, 0.25) is 0 Å². The van der Waals surface area contributed by atoms with Gasteiger partial charge in [-0.1, -0.05) is 44.9 Å². The molecule has 0 aliphatic carbocycles. The van der Waals surface area contributed by atoms with Crippen molar-refractivity contribution >= 4 is 6.21 Å². The van der Waals surface area contributed by atoms with E-state index in [1.165, 1.54) is 17.3 Å².